The number of amides is 1. The monoisotopic (exact) mass is 291 g/mol. The Balaban J connectivity index is 3.19. The molecule has 0 fully saturated rings. The van der Waals surface area contributed by atoms with Crippen LogP contribution < -0.4 is 5.32 Å². The summed E-state index contributed by atoms with van der Waals surface area (Å²) in [7, 11) is 0. The molecule has 0 aromatic heterocycles. The summed E-state index contributed by atoms with van der Waals surface area (Å²) in [5.74, 6) is 0. The Labute approximate surface area is 121 Å². The summed E-state index contributed by atoms with van der Waals surface area (Å²) in [6.45, 7) is 8.70. The molecule has 6 heteroatoms. The molecule has 0 unspecified atom stereocenters. The topological polar surface area (TPSA) is 77.0 Å². The normalized spacial score (nSPS) is 11.4. The highest BCUT2D eigenvalue weighted by Crippen LogP contribution is 2.06. The van der Waals surface area contributed by atoms with Crippen molar-refractivity contribution in [2.45, 2.75) is 45.6 Å². The molecule has 0 radical (unpaired) electrons. The number of aliphatic hydroxyl groups excluding tert-OH is 1. The molecule has 20 heavy (non-hydrogen) atoms. The Morgan fingerprint density at radius 1 is 1.00 bits per heavy atom. The van der Waals surface area contributed by atoms with Gasteiger partial charge < -0.3 is 24.6 Å². The summed E-state index contributed by atoms with van der Waals surface area (Å²) >= 11 is 0. The molecule has 0 bridgehead atoms. The molecular weight excluding hydrogens is 262 g/mol. The fraction of sp³-hybridized carbons (Fsp3) is 0.929. The molecule has 0 saturated carbocycles. The highest BCUT2D eigenvalue weighted by molar-refractivity contribution is 5.67. The van der Waals surface area contributed by atoms with Gasteiger partial charge in [-0.3, -0.25) is 0 Å². The second-order valence-corrected chi connectivity index (χ2v) is 5.44. The van der Waals surface area contributed by atoms with Gasteiger partial charge >= 0.3 is 6.09 Å². The highest BCUT2D eigenvalue weighted by Gasteiger charge is 2.15. The van der Waals surface area contributed by atoms with Gasteiger partial charge in [0.1, 0.15) is 5.60 Å². The average molecular weight is 291 g/mol. The molecule has 0 aromatic rings. The minimum atomic E-state index is -0.462. The van der Waals surface area contributed by atoms with Gasteiger partial charge in [0.25, 0.3) is 0 Å². The van der Waals surface area contributed by atoms with Crippen molar-refractivity contribution in [3.05, 3.63) is 0 Å². The second kappa shape index (κ2) is 11.9. The van der Waals surface area contributed by atoms with Crippen LogP contribution in [-0.4, -0.2) is 56.4 Å². The molecule has 0 spiro atoms. The fourth-order valence-corrected chi connectivity index (χ4v) is 1.31. The van der Waals surface area contributed by atoms with Crippen molar-refractivity contribution in [2.75, 3.05) is 39.6 Å². The lowest BCUT2D eigenvalue weighted by molar-refractivity contribution is 0.0515. The van der Waals surface area contributed by atoms with Crippen LogP contribution in [0.25, 0.3) is 0 Å². The molecular formula is C14H29NO5. The minimum Gasteiger partial charge on any atom is -0.444 e. The van der Waals surface area contributed by atoms with E-state index in [0.717, 1.165) is 12.8 Å². The van der Waals surface area contributed by atoms with Crippen molar-refractivity contribution in [1.29, 1.82) is 0 Å². The van der Waals surface area contributed by atoms with E-state index in [0.29, 0.717) is 39.4 Å². The molecule has 0 aromatic carbocycles. The van der Waals surface area contributed by atoms with Gasteiger partial charge in [0.2, 0.25) is 0 Å². The van der Waals surface area contributed by atoms with Crippen LogP contribution in [0.3, 0.4) is 0 Å². The summed E-state index contributed by atoms with van der Waals surface area (Å²) in [6.07, 6.45) is 1.88. The van der Waals surface area contributed by atoms with Crippen LogP contribution in [0, 0.1) is 0 Å². The second-order valence-electron chi connectivity index (χ2n) is 5.44. The van der Waals surface area contributed by atoms with E-state index in [1.807, 2.05) is 20.8 Å². The predicted octanol–water partition coefficient (Wildman–Crippen LogP) is 1.71. The van der Waals surface area contributed by atoms with Crippen LogP contribution in [0.5, 0.6) is 0 Å². The predicted molar refractivity (Wildman–Crippen MR) is 76.8 cm³/mol. The van der Waals surface area contributed by atoms with E-state index >= 15 is 0 Å². The van der Waals surface area contributed by atoms with Crippen molar-refractivity contribution in [3.63, 3.8) is 0 Å². The smallest absolute Gasteiger partial charge is 0.407 e. The number of alkyl carbamates (subject to hydrolysis) is 1. The van der Waals surface area contributed by atoms with E-state index in [2.05, 4.69) is 5.32 Å². The lowest BCUT2D eigenvalue weighted by Gasteiger charge is -2.19. The van der Waals surface area contributed by atoms with Gasteiger partial charge in [-0.1, -0.05) is 0 Å². The number of carbonyl (C=O) groups excluding carboxylic acids is 1. The zero-order valence-corrected chi connectivity index (χ0v) is 12.9. The Morgan fingerprint density at radius 3 is 2.10 bits per heavy atom. The number of hydrogen-bond donors (Lipinski definition) is 2. The van der Waals surface area contributed by atoms with Crippen molar-refractivity contribution in [3.8, 4) is 0 Å². The Kier molecular flexibility index (Phi) is 11.4. The molecule has 0 aliphatic heterocycles. The number of hydrogen-bond acceptors (Lipinski definition) is 5. The summed E-state index contributed by atoms with van der Waals surface area (Å²) < 4.78 is 15.8. The molecule has 0 atom stereocenters. The fourth-order valence-electron chi connectivity index (χ4n) is 1.31. The van der Waals surface area contributed by atoms with Crippen LogP contribution in [0.15, 0.2) is 0 Å². The quantitative estimate of drug-likeness (QED) is 0.567. The van der Waals surface area contributed by atoms with E-state index in [1.165, 1.54) is 0 Å². The molecule has 0 rings (SSSR count). The first-order valence-electron chi connectivity index (χ1n) is 7.19. The first kappa shape index (κ1) is 19.1. The number of rotatable bonds is 11. The van der Waals surface area contributed by atoms with Crippen molar-refractivity contribution < 1.29 is 24.1 Å². The molecule has 2 N–H and O–H groups in total. The van der Waals surface area contributed by atoms with Crippen LogP contribution >= 0.6 is 0 Å². The average Bonchev–Trinajstić information content (AvgIpc) is 2.34. The lowest BCUT2D eigenvalue weighted by Crippen LogP contribution is -2.33. The van der Waals surface area contributed by atoms with Gasteiger partial charge in [-0.2, -0.15) is 0 Å². The van der Waals surface area contributed by atoms with Crippen LogP contribution in [0.4, 0.5) is 4.79 Å². The third-order valence-electron chi connectivity index (χ3n) is 2.16. The Hall–Kier alpha value is -0.850. The lowest BCUT2D eigenvalue weighted by atomic mass is 10.2. The van der Waals surface area contributed by atoms with Crippen molar-refractivity contribution >= 4 is 6.09 Å². The standard InChI is InChI=1S/C14H29NO5/c1-14(2,3)20-13(17)15-7-4-9-18-11-6-12-19-10-5-8-16/h16H,4-12H2,1-3H3,(H,15,17). The highest BCUT2D eigenvalue weighted by atomic mass is 16.6. The first-order valence-corrected chi connectivity index (χ1v) is 7.19. The van der Waals surface area contributed by atoms with E-state index in [1.54, 1.807) is 0 Å². The van der Waals surface area contributed by atoms with Crippen LogP contribution in [0.1, 0.15) is 40.0 Å². The number of ether oxygens (including phenoxy) is 3. The molecule has 1 amide bonds. The van der Waals surface area contributed by atoms with Gasteiger partial charge in [0.05, 0.1) is 0 Å². The van der Waals surface area contributed by atoms with Crippen LogP contribution in [-0.2, 0) is 14.2 Å². The van der Waals surface area contributed by atoms with E-state index in [-0.39, 0.29) is 6.61 Å². The van der Waals surface area contributed by atoms with E-state index < -0.39 is 11.7 Å². The number of aliphatic hydroxyl groups is 1. The van der Waals surface area contributed by atoms with Gasteiger partial charge in [-0.25, -0.2) is 4.79 Å². The SMILES string of the molecule is CC(C)(C)OC(=O)NCCCOCCCOCCCO. The largest absolute Gasteiger partial charge is 0.444 e. The zero-order chi connectivity index (χ0) is 15.3. The molecule has 0 saturated heterocycles. The Bertz CT molecular complexity index is 240. The van der Waals surface area contributed by atoms with E-state index in [4.69, 9.17) is 19.3 Å². The summed E-state index contributed by atoms with van der Waals surface area (Å²) in [6, 6.07) is 0. The number of carbonyl (C=O) groups is 1. The van der Waals surface area contributed by atoms with E-state index in [9.17, 15) is 4.79 Å². The maximum Gasteiger partial charge on any atom is 0.407 e. The zero-order valence-electron chi connectivity index (χ0n) is 12.9. The van der Waals surface area contributed by atoms with Gasteiger partial charge in [0.15, 0.2) is 0 Å². The molecule has 0 aliphatic carbocycles. The first-order chi connectivity index (χ1) is 9.45. The summed E-state index contributed by atoms with van der Waals surface area (Å²) in [4.78, 5) is 11.3. The van der Waals surface area contributed by atoms with Crippen molar-refractivity contribution in [1.82, 2.24) is 5.32 Å². The van der Waals surface area contributed by atoms with Crippen molar-refractivity contribution in [2.24, 2.45) is 0 Å². The molecule has 120 valence electrons. The van der Waals surface area contributed by atoms with Crippen LogP contribution in [0.2, 0.25) is 0 Å². The maximum absolute atomic E-state index is 11.3. The van der Waals surface area contributed by atoms with Gasteiger partial charge in [-0.05, 0) is 40.0 Å². The third kappa shape index (κ3) is 15.2. The van der Waals surface area contributed by atoms with Gasteiger partial charge in [-0.15, -0.1) is 0 Å². The summed E-state index contributed by atoms with van der Waals surface area (Å²) in [5.41, 5.74) is -0.462. The molecule has 0 aliphatic rings. The third-order valence-corrected chi connectivity index (χ3v) is 2.16. The molecule has 0 heterocycles. The molecule has 6 nitrogen and oxygen atoms in total. The van der Waals surface area contributed by atoms with Gasteiger partial charge in [0, 0.05) is 39.6 Å². The minimum absolute atomic E-state index is 0.168. The number of nitrogens with one attached hydrogen (secondary N) is 1. The summed E-state index contributed by atoms with van der Waals surface area (Å²) in [5, 5.41) is 11.2. The Morgan fingerprint density at radius 2 is 1.55 bits per heavy atom. The maximum atomic E-state index is 11.3.